The van der Waals surface area contributed by atoms with Crippen LogP contribution < -0.4 is 5.32 Å². The zero-order valence-corrected chi connectivity index (χ0v) is 10.4. The molecule has 1 heterocycles. The summed E-state index contributed by atoms with van der Waals surface area (Å²) in [5, 5.41) is 12.9. The van der Waals surface area contributed by atoms with Gasteiger partial charge in [-0.15, -0.1) is 0 Å². The van der Waals surface area contributed by atoms with Gasteiger partial charge in [0.25, 0.3) is 5.91 Å². The van der Waals surface area contributed by atoms with E-state index in [1.54, 1.807) is 48.7 Å². The summed E-state index contributed by atoms with van der Waals surface area (Å²) in [6.07, 6.45) is 3.74. The van der Waals surface area contributed by atoms with E-state index in [2.05, 4.69) is 10.3 Å². The fourth-order valence-corrected chi connectivity index (χ4v) is 1.56. The van der Waals surface area contributed by atoms with Gasteiger partial charge in [-0.25, -0.2) is 4.98 Å². The lowest BCUT2D eigenvalue weighted by Gasteiger charge is -2.04. The van der Waals surface area contributed by atoms with E-state index in [0.717, 1.165) is 6.20 Å². The van der Waals surface area contributed by atoms with Crippen LogP contribution >= 0.6 is 0 Å². The first-order valence-electron chi connectivity index (χ1n) is 5.79. The second kappa shape index (κ2) is 6.24. The Balaban J connectivity index is 2.14. The van der Waals surface area contributed by atoms with Crippen LogP contribution in [0.4, 0.5) is 5.82 Å². The zero-order valence-electron chi connectivity index (χ0n) is 10.4. The lowest BCUT2D eigenvalue weighted by molar-refractivity contribution is -0.400. The van der Waals surface area contributed by atoms with Gasteiger partial charge >= 0.3 is 0 Å². The van der Waals surface area contributed by atoms with E-state index in [0.29, 0.717) is 16.9 Å². The molecule has 0 saturated heterocycles. The summed E-state index contributed by atoms with van der Waals surface area (Å²) in [7, 11) is 0. The molecular weight excluding hydrogens is 258 g/mol. The first kappa shape index (κ1) is 13.4. The van der Waals surface area contributed by atoms with Gasteiger partial charge in [0.05, 0.1) is 4.92 Å². The van der Waals surface area contributed by atoms with Gasteiger partial charge in [-0.1, -0.05) is 18.2 Å². The van der Waals surface area contributed by atoms with Crippen LogP contribution in [0.3, 0.4) is 0 Å². The third-order valence-electron chi connectivity index (χ3n) is 2.44. The molecule has 100 valence electrons. The summed E-state index contributed by atoms with van der Waals surface area (Å²) in [6, 6.07) is 11.7. The number of nitrogens with zero attached hydrogens (tertiary/aromatic N) is 2. The van der Waals surface area contributed by atoms with E-state index in [1.165, 1.54) is 6.08 Å². The Morgan fingerprint density at radius 2 is 2.10 bits per heavy atom. The third-order valence-corrected chi connectivity index (χ3v) is 2.44. The zero-order chi connectivity index (χ0) is 14.4. The maximum absolute atomic E-state index is 12.0. The molecule has 2 aromatic rings. The van der Waals surface area contributed by atoms with Crippen molar-refractivity contribution in [3.63, 3.8) is 0 Å². The fourth-order valence-electron chi connectivity index (χ4n) is 1.56. The number of nitrogens with one attached hydrogen (secondary N) is 1. The second-order valence-electron chi connectivity index (χ2n) is 3.90. The van der Waals surface area contributed by atoms with Crippen LogP contribution in [0.25, 0.3) is 6.08 Å². The number of nitro groups is 1. The number of hydrogen-bond donors (Lipinski definition) is 1. The Hall–Kier alpha value is -3.02. The molecule has 2 rings (SSSR count). The van der Waals surface area contributed by atoms with Crippen molar-refractivity contribution in [1.82, 2.24) is 4.98 Å². The minimum atomic E-state index is -0.555. The number of carbonyl (C=O) groups is 1. The fraction of sp³-hybridized carbons (Fsp3) is 0. The van der Waals surface area contributed by atoms with Crippen molar-refractivity contribution in [2.75, 3.05) is 5.32 Å². The Kier molecular flexibility index (Phi) is 4.18. The molecule has 0 aliphatic carbocycles. The van der Waals surface area contributed by atoms with Crippen molar-refractivity contribution in [1.29, 1.82) is 0 Å². The van der Waals surface area contributed by atoms with Gasteiger partial charge in [-0.2, -0.15) is 0 Å². The molecule has 6 nitrogen and oxygen atoms in total. The maximum Gasteiger partial charge on any atom is 0.256 e. The van der Waals surface area contributed by atoms with E-state index >= 15 is 0 Å². The van der Waals surface area contributed by atoms with Crippen LogP contribution in [0.5, 0.6) is 0 Å². The predicted octanol–water partition coefficient (Wildman–Crippen LogP) is 2.58. The molecule has 1 amide bonds. The standard InChI is InChI=1S/C14H11N3O3/c18-14(16-13-6-1-2-8-15-13)12-5-3-4-11(10-12)7-9-17(19)20/h1-10H,(H,15,16,18)/b9-7+. The van der Waals surface area contributed by atoms with E-state index in [9.17, 15) is 14.9 Å². The highest BCUT2D eigenvalue weighted by atomic mass is 16.6. The number of carbonyl (C=O) groups excluding carboxylic acids is 1. The van der Waals surface area contributed by atoms with Gasteiger partial charge in [0.2, 0.25) is 6.20 Å². The van der Waals surface area contributed by atoms with Crippen molar-refractivity contribution in [2.45, 2.75) is 0 Å². The smallest absolute Gasteiger partial charge is 0.256 e. The number of hydrogen-bond acceptors (Lipinski definition) is 4. The van der Waals surface area contributed by atoms with Crippen molar-refractivity contribution >= 4 is 17.8 Å². The number of rotatable bonds is 4. The summed E-state index contributed by atoms with van der Waals surface area (Å²) in [6.45, 7) is 0. The number of aromatic nitrogens is 1. The molecular formula is C14H11N3O3. The largest absolute Gasteiger partial charge is 0.307 e. The van der Waals surface area contributed by atoms with E-state index in [4.69, 9.17) is 0 Å². The molecule has 0 fully saturated rings. The highest BCUT2D eigenvalue weighted by Gasteiger charge is 2.06. The SMILES string of the molecule is O=C(Nc1ccccn1)c1cccc(/C=C/[N+](=O)[O-])c1. The second-order valence-corrected chi connectivity index (χ2v) is 3.90. The summed E-state index contributed by atoms with van der Waals surface area (Å²) >= 11 is 0. The summed E-state index contributed by atoms with van der Waals surface area (Å²) in [5.74, 6) is 0.129. The van der Waals surface area contributed by atoms with Gasteiger partial charge < -0.3 is 5.32 Å². The molecule has 0 radical (unpaired) electrons. The molecule has 6 heteroatoms. The minimum Gasteiger partial charge on any atom is -0.307 e. The van der Waals surface area contributed by atoms with E-state index < -0.39 is 4.92 Å². The van der Waals surface area contributed by atoms with Gasteiger partial charge in [0, 0.05) is 17.8 Å². The molecule has 1 aromatic heterocycles. The summed E-state index contributed by atoms with van der Waals surface area (Å²) in [5.41, 5.74) is 0.983. The van der Waals surface area contributed by atoms with Crippen LogP contribution in [-0.2, 0) is 0 Å². The van der Waals surface area contributed by atoms with Crippen LogP contribution in [0.2, 0.25) is 0 Å². The van der Waals surface area contributed by atoms with Crippen molar-refractivity contribution in [3.8, 4) is 0 Å². The van der Waals surface area contributed by atoms with Gasteiger partial charge in [0.15, 0.2) is 0 Å². The molecule has 0 aliphatic rings. The Morgan fingerprint density at radius 1 is 1.25 bits per heavy atom. The maximum atomic E-state index is 12.0. The van der Waals surface area contributed by atoms with Crippen LogP contribution in [0.15, 0.2) is 54.9 Å². The van der Waals surface area contributed by atoms with Crippen LogP contribution in [0, 0.1) is 10.1 Å². The normalized spacial score (nSPS) is 10.4. The minimum absolute atomic E-state index is 0.319. The van der Waals surface area contributed by atoms with Crippen LogP contribution in [0.1, 0.15) is 15.9 Å². The highest BCUT2D eigenvalue weighted by molar-refractivity contribution is 6.04. The first-order chi connectivity index (χ1) is 9.65. The van der Waals surface area contributed by atoms with Crippen molar-refractivity contribution in [3.05, 3.63) is 76.1 Å². The van der Waals surface area contributed by atoms with Crippen LogP contribution in [-0.4, -0.2) is 15.8 Å². The number of amides is 1. The molecule has 0 spiro atoms. The number of benzene rings is 1. The first-order valence-corrected chi connectivity index (χ1v) is 5.79. The van der Waals surface area contributed by atoms with Crippen molar-refractivity contribution in [2.24, 2.45) is 0 Å². The molecule has 0 unspecified atom stereocenters. The molecule has 0 bridgehead atoms. The highest BCUT2D eigenvalue weighted by Crippen LogP contribution is 2.10. The number of pyridine rings is 1. The van der Waals surface area contributed by atoms with Gasteiger partial charge in [0.1, 0.15) is 5.82 Å². The Bertz CT molecular complexity index is 654. The quantitative estimate of drug-likeness (QED) is 0.682. The van der Waals surface area contributed by atoms with Gasteiger partial charge in [-0.05, 0) is 29.8 Å². The topological polar surface area (TPSA) is 85.1 Å². The Labute approximate surface area is 114 Å². The van der Waals surface area contributed by atoms with E-state index in [-0.39, 0.29) is 5.91 Å². The molecule has 0 atom stereocenters. The molecule has 0 aliphatic heterocycles. The van der Waals surface area contributed by atoms with Crippen molar-refractivity contribution < 1.29 is 9.72 Å². The van der Waals surface area contributed by atoms with Gasteiger partial charge in [-0.3, -0.25) is 14.9 Å². The molecule has 20 heavy (non-hydrogen) atoms. The molecule has 1 aromatic carbocycles. The molecule has 1 N–H and O–H groups in total. The van der Waals surface area contributed by atoms with E-state index in [1.807, 2.05) is 0 Å². The lowest BCUT2D eigenvalue weighted by atomic mass is 10.1. The monoisotopic (exact) mass is 269 g/mol. The average molecular weight is 269 g/mol. The molecule has 0 saturated carbocycles. The lowest BCUT2D eigenvalue weighted by Crippen LogP contribution is -2.12. The average Bonchev–Trinajstić information content (AvgIpc) is 2.46. The third kappa shape index (κ3) is 3.74. The summed E-state index contributed by atoms with van der Waals surface area (Å²) in [4.78, 5) is 25.7. The Morgan fingerprint density at radius 3 is 2.80 bits per heavy atom. The summed E-state index contributed by atoms with van der Waals surface area (Å²) < 4.78 is 0. The predicted molar refractivity (Wildman–Crippen MR) is 74.7 cm³/mol. The number of anilines is 1.